The number of hydrogen-bond donors (Lipinski definition) is 0. The van der Waals surface area contributed by atoms with E-state index in [9.17, 15) is 13.2 Å². The number of benzene rings is 1. The van der Waals surface area contributed by atoms with Crippen molar-refractivity contribution in [3.8, 4) is 0 Å². The van der Waals surface area contributed by atoms with Crippen LogP contribution < -0.4 is 0 Å². The normalized spacial score (nSPS) is 11.9. The predicted molar refractivity (Wildman–Crippen MR) is 50.2 cm³/mol. The quantitative estimate of drug-likeness (QED) is 0.674. The van der Waals surface area contributed by atoms with Crippen molar-refractivity contribution in [1.82, 2.24) is 0 Å². The molecule has 0 radical (unpaired) electrons. The third-order valence-corrected chi connectivity index (χ3v) is 2.91. The molecule has 0 fully saturated rings. The van der Waals surface area contributed by atoms with Gasteiger partial charge in [-0.2, -0.15) is 0 Å². The summed E-state index contributed by atoms with van der Waals surface area (Å²) >= 11 is 2.44. The van der Waals surface area contributed by atoms with Crippen molar-refractivity contribution in [3.05, 3.63) is 40.2 Å². The Kier molecular flexibility index (Phi) is 2.44. The SMILES string of the molecule is FC(F)(F)c1coc2ccccc2c1=[Se]. The fourth-order valence-electron chi connectivity index (χ4n) is 1.27. The molecule has 15 heavy (non-hydrogen) atoms. The van der Waals surface area contributed by atoms with Crippen molar-refractivity contribution < 1.29 is 17.6 Å². The molecule has 1 heterocycles. The van der Waals surface area contributed by atoms with Crippen molar-refractivity contribution in [1.29, 1.82) is 0 Å². The van der Waals surface area contributed by atoms with E-state index in [4.69, 9.17) is 4.42 Å². The Bertz CT molecular complexity index is 556. The van der Waals surface area contributed by atoms with Gasteiger partial charge in [-0.3, -0.25) is 0 Å². The van der Waals surface area contributed by atoms with Crippen LogP contribution in [0.1, 0.15) is 5.56 Å². The summed E-state index contributed by atoms with van der Waals surface area (Å²) in [5.41, 5.74) is -0.347. The third-order valence-electron chi connectivity index (χ3n) is 1.99. The van der Waals surface area contributed by atoms with Gasteiger partial charge in [-0.25, -0.2) is 0 Å². The molecular weight excluding hydrogens is 272 g/mol. The molecule has 0 aliphatic carbocycles. The summed E-state index contributed by atoms with van der Waals surface area (Å²) < 4.78 is 42.5. The van der Waals surface area contributed by atoms with Crippen LogP contribution in [0.3, 0.4) is 0 Å². The zero-order valence-corrected chi connectivity index (χ0v) is 9.05. The molecule has 2 aromatic rings. The van der Waals surface area contributed by atoms with Crippen LogP contribution in [-0.2, 0) is 6.18 Å². The minimum atomic E-state index is -4.39. The Balaban J connectivity index is 2.83. The monoisotopic (exact) mass is 278 g/mol. The van der Waals surface area contributed by atoms with Gasteiger partial charge < -0.3 is 0 Å². The maximum absolute atomic E-state index is 12.5. The van der Waals surface area contributed by atoms with E-state index in [-0.39, 0.29) is 4.06 Å². The molecule has 78 valence electrons. The third kappa shape index (κ3) is 1.85. The second-order valence-corrected chi connectivity index (χ2v) is 3.83. The van der Waals surface area contributed by atoms with E-state index >= 15 is 0 Å². The summed E-state index contributed by atoms with van der Waals surface area (Å²) in [6.07, 6.45) is -3.66. The molecule has 0 amide bonds. The number of fused-ring (bicyclic) bond motifs is 1. The first-order valence-electron chi connectivity index (χ1n) is 4.08. The van der Waals surface area contributed by atoms with Crippen LogP contribution in [0.4, 0.5) is 13.2 Å². The van der Waals surface area contributed by atoms with Crippen molar-refractivity contribution >= 4 is 26.5 Å². The zero-order chi connectivity index (χ0) is 11.1. The molecule has 0 spiro atoms. The van der Waals surface area contributed by atoms with E-state index in [1.165, 1.54) is 0 Å². The number of para-hydroxylation sites is 1. The summed E-state index contributed by atoms with van der Waals surface area (Å²) in [5, 5.41) is 0.437. The van der Waals surface area contributed by atoms with Crippen molar-refractivity contribution in [3.63, 3.8) is 0 Å². The Hall–Kier alpha value is -1.06. The fourth-order valence-corrected chi connectivity index (χ4v) is 1.97. The first-order valence-corrected chi connectivity index (χ1v) is 4.93. The predicted octanol–water partition coefficient (Wildman–Crippen LogP) is 3.15. The Morgan fingerprint density at radius 2 is 1.80 bits per heavy atom. The average molecular weight is 277 g/mol. The van der Waals surface area contributed by atoms with Crippen LogP contribution in [0.25, 0.3) is 11.0 Å². The van der Waals surface area contributed by atoms with Crippen LogP contribution in [0.5, 0.6) is 0 Å². The van der Waals surface area contributed by atoms with Gasteiger partial charge in [0.2, 0.25) is 0 Å². The van der Waals surface area contributed by atoms with Gasteiger partial charge in [-0.15, -0.1) is 0 Å². The number of rotatable bonds is 0. The summed E-state index contributed by atoms with van der Waals surface area (Å²) in [4.78, 5) is 0. The van der Waals surface area contributed by atoms with Gasteiger partial charge >= 0.3 is 90.5 Å². The summed E-state index contributed by atoms with van der Waals surface area (Å²) in [7, 11) is 0. The minimum absolute atomic E-state index is 0.0735. The van der Waals surface area contributed by atoms with E-state index in [0.29, 0.717) is 11.0 Å². The van der Waals surface area contributed by atoms with Gasteiger partial charge in [0.15, 0.2) is 0 Å². The first kappa shape index (κ1) is 10.5. The van der Waals surface area contributed by atoms with Crippen LogP contribution in [0.15, 0.2) is 34.9 Å². The van der Waals surface area contributed by atoms with E-state index in [1.54, 1.807) is 24.3 Å². The van der Waals surface area contributed by atoms with Gasteiger partial charge in [0.05, 0.1) is 0 Å². The van der Waals surface area contributed by atoms with Crippen molar-refractivity contribution in [2.75, 3.05) is 0 Å². The second-order valence-electron chi connectivity index (χ2n) is 2.97. The Morgan fingerprint density at radius 3 is 2.47 bits per heavy atom. The van der Waals surface area contributed by atoms with Crippen LogP contribution in [0, 0.1) is 4.06 Å². The zero-order valence-electron chi connectivity index (χ0n) is 7.34. The molecular formula is C10H5F3OSe. The van der Waals surface area contributed by atoms with Gasteiger partial charge in [-0.1, -0.05) is 0 Å². The molecule has 1 aromatic carbocycles. The van der Waals surface area contributed by atoms with Crippen molar-refractivity contribution in [2.24, 2.45) is 0 Å². The van der Waals surface area contributed by atoms with E-state index in [0.717, 1.165) is 6.26 Å². The second kappa shape index (κ2) is 3.51. The standard InChI is InChI=1S/C10H5F3OSe/c11-10(12,13)7-5-14-8-4-2-1-3-6(8)9(7)15/h1-5H. The fraction of sp³-hybridized carbons (Fsp3) is 0.100. The summed E-state index contributed by atoms with van der Waals surface area (Å²) in [5.74, 6) is 0. The molecule has 0 unspecified atom stereocenters. The Labute approximate surface area is 90.9 Å². The average Bonchev–Trinajstić information content (AvgIpc) is 2.16. The topological polar surface area (TPSA) is 13.1 Å². The molecule has 0 saturated heterocycles. The van der Waals surface area contributed by atoms with Gasteiger partial charge in [0.1, 0.15) is 0 Å². The van der Waals surface area contributed by atoms with Crippen LogP contribution in [-0.4, -0.2) is 15.6 Å². The summed E-state index contributed by atoms with van der Waals surface area (Å²) in [6.45, 7) is 0. The molecule has 0 atom stereocenters. The number of hydrogen-bond acceptors (Lipinski definition) is 1. The van der Waals surface area contributed by atoms with Crippen molar-refractivity contribution in [2.45, 2.75) is 6.18 Å². The molecule has 0 bridgehead atoms. The molecule has 0 N–H and O–H groups in total. The van der Waals surface area contributed by atoms with E-state index in [2.05, 4.69) is 15.6 Å². The van der Waals surface area contributed by atoms with Gasteiger partial charge in [0, 0.05) is 0 Å². The number of halogens is 3. The van der Waals surface area contributed by atoms with Crippen LogP contribution in [0.2, 0.25) is 0 Å². The molecule has 0 saturated carbocycles. The molecule has 5 heteroatoms. The molecule has 0 aliphatic heterocycles. The Morgan fingerprint density at radius 1 is 1.13 bits per heavy atom. The van der Waals surface area contributed by atoms with E-state index < -0.39 is 11.7 Å². The van der Waals surface area contributed by atoms with Crippen LogP contribution >= 0.6 is 0 Å². The van der Waals surface area contributed by atoms with E-state index in [1.807, 2.05) is 0 Å². The molecule has 1 nitrogen and oxygen atoms in total. The first-order chi connectivity index (χ1) is 7.00. The molecule has 2 rings (SSSR count). The molecule has 1 aromatic heterocycles. The summed E-state index contributed by atoms with van der Waals surface area (Å²) in [6, 6.07) is 6.58. The number of alkyl halides is 3. The molecule has 0 aliphatic rings. The maximum atomic E-state index is 12.5. The van der Waals surface area contributed by atoms with Gasteiger partial charge in [0.25, 0.3) is 0 Å². The van der Waals surface area contributed by atoms with Gasteiger partial charge in [-0.05, 0) is 0 Å².